The van der Waals surface area contributed by atoms with E-state index in [-0.39, 0.29) is 5.56 Å². The zero-order valence-electron chi connectivity index (χ0n) is 11.3. The number of halogens is 3. The lowest BCUT2D eigenvalue weighted by Crippen LogP contribution is -2.31. The molecule has 0 saturated carbocycles. The molecule has 1 aliphatic carbocycles. The van der Waals surface area contributed by atoms with Gasteiger partial charge in [-0.15, -0.1) is 0 Å². The molecule has 21 heavy (non-hydrogen) atoms. The first kappa shape index (κ1) is 13.7. The summed E-state index contributed by atoms with van der Waals surface area (Å²) in [5, 5.41) is 0. The molecule has 1 aliphatic rings. The van der Waals surface area contributed by atoms with Crippen LogP contribution in [0.5, 0.6) is 5.75 Å². The molecule has 4 heteroatoms. The van der Waals surface area contributed by atoms with Crippen LogP contribution in [0.2, 0.25) is 0 Å². The largest absolute Gasteiger partial charge is 0.497 e. The number of alkyl halides is 3. The van der Waals surface area contributed by atoms with Crippen molar-refractivity contribution in [1.29, 1.82) is 0 Å². The van der Waals surface area contributed by atoms with E-state index in [0.29, 0.717) is 16.9 Å². The summed E-state index contributed by atoms with van der Waals surface area (Å²) in [6, 6.07) is 14.6. The normalized spacial score (nSPS) is 20.9. The number of methoxy groups -OCH3 is 1. The molecular weight excluding hydrogens is 277 g/mol. The first-order valence-corrected chi connectivity index (χ1v) is 6.49. The molecule has 2 aromatic carbocycles. The summed E-state index contributed by atoms with van der Waals surface area (Å²) >= 11 is 0. The Morgan fingerprint density at radius 3 is 2.05 bits per heavy atom. The molecule has 0 unspecified atom stereocenters. The fourth-order valence-corrected chi connectivity index (χ4v) is 2.60. The van der Waals surface area contributed by atoms with Crippen molar-refractivity contribution in [2.45, 2.75) is 11.6 Å². The summed E-state index contributed by atoms with van der Waals surface area (Å²) in [5.74, 6) is 0.623. The molecule has 3 rings (SSSR count). The number of hydrogen-bond donors (Lipinski definition) is 0. The van der Waals surface area contributed by atoms with Gasteiger partial charge in [0.25, 0.3) is 0 Å². The van der Waals surface area contributed by atoms with Gasteiger partial charge in [-0.25, -0.2) is 0 Å². The van der Waals surface area contributed by atoms with Gasteiger partial charge in [0.05, 0.1) is 7.11 Å². The zero-order chi connectivity index (χ0) is 15.1. The number of benzene rings is 2. The average molecular weight is 290 g/mol. The van der Waals surface area contributed by atoms with Gasteiger partial charge in [0.15, 0.2) is 0 Å². The van der Waals surface area contributed by atoms with Crippen molar-refractivity contribution >= 4 is 5.57 Å². The van der Waals surface area contributed by atoms with Gasteiger partial charge in [-0.2, -0.15) is 13.2 Å². The maximum Gasteiger partial charge on any atom is 0.405 e. The summed E-state index contributed by atoms with van der Waals surface area (Å²) in [6.07, 6.45) is -3.06. The Labute approximate surface area is 120 Å². The topological polar surface area (TPSA) is 9.23 Å². The van der Waals surface area contributed by atoms with E-state index in [1.54, 1.807) is 42.5 Å². The number of allylic oxidation sites excluding steroid dienone is 2. The second-order valence-corrected chi connectivity index (χ2v) is 4.96. The molecule has 0 N–H and O–H groups in total. The van der Waals surface area contributed by atoms with E-state index in [1.807, 2.05) is 0 Å². The quantitative estimate of drug-likeness (QED) is 0.803. The van der Waals surface area contributed by atoms with Crippen LogP contribution in [0.1, 0.15) is 11.1 Å². The smallest absolute Gasteiger partial charge is 0.405 e. The maximum absolute atomic E-state index is 13.6. The number of rotatable bonds is 3. The van der Waals surface area contributed by atoms with Gasteiger partial charge in [0, 0.05) is 0 Å². The molecule has 2 aromatic rings. The van der Waals surface area contributed by atoms with Crippen LogP contribution in [0.3, 0.4) is 0 Å². The van der Waals surface area contributed by atoms with E-state index >= 15 is 0 Å². The first-order chi connectivity index (χ1) is 9.99. The van der Waals surface area contributed by atoms with Crippen LogP contribution in [0.15, 0.2) is 60.7 Å². The molecule has 108 valence electrons. The van der Waals surface area contributed by atoms with Crippen molar-refractivity contribution in [2.75, 3.05) is 7.11 Å². The molecule has 0 aliphatic heterocycles. The van der Waals surface area contributed by atoms with E-state index < -0.39 is 11.6 Å². The number of ether oxygens (including phenoxy) is 1. The molecular formula is C17H13F3O. The van der Waals surface area contributed by atoms with Gasteiger partial charge in [0.1, 0.15) is 11.2 Å². The molecule has 0 fully saturated rings. The van der Waals surface area contributed by atoms with Crippen molar-refractivity contribution < 1.29 is 17.9 Å². The van der Waals surface area contributed by atoms with E-state index in [4.69, 9.17) is 4.74 Å². The van der Waals surface area contributed by atoms with Crippen molar-refractivity contribution in [3.63, 3.8) is 0 Å². The third-order valence-electron chi connectivity index (χ3n) is 3.78. The van der Waals surface area contributed by atoms with Crippen LogP contribution in [0.25, 0.3) is 5.57 Å². The SMILES string of the molecule is COc1ccc(C2=C[C@@]2(c2ccccc2)C(F)(F)F)cc1. The van der Waals surface area contributed by atoms with E-state index in [1.165, 1.54) is 25.3 Å². The molecule has 1 atom stereocenters. The van der Waals surface area contributed by atoms with E-state index in [9.17, 15) is 13.2 Å². The fourth-order valence-electron chi connectivity index (χ4n) is 2.60. The Balaban J connectivity index is 2.00. The van der Waals surface area contributed by atoms with E-state index in [0.717, 1.165) is 0 Å². The minimum Gasteiger partial charge on any atom is -0.497 e. The molecule has 0 aromatic heterocycles. The zero-order valence-corrected chi connectivity index (χ0v) is 11.3. The van der Waals surface area contributed by atoms with Crippen molar-refractivity contribution in [3.8, 4) is 5.75 Å². The van der Waals surface area contributed by atoms with Crippen LogP contribution in [-0.2, 0) is 5.41 Å². The second kappa shape index (κ2) is 4.65. The predicted octanol–water partition coefficient (Wildman–Crippen LogP) is 4.59. The minimum atomic E-state index is -4.34. The number of hydrogen-bond acceptors (Lipinski definition) is 1. The van der Waals surface area contributed by atoms with Crippen molar-refractivity contribution in [3.05, 3.63) is 71.8 Å². The lowest BCUT2D eigenvalue weighted by molar-refractivity contribution is -0.151. The monoisotopic (exact) mass is 290 g/mol. The predicted molar refractivity (Wildman–Crippen MR) is 75.1 cm³/mol. The molecule has 0 amide bonds. The van der Waals surface area contributed by atoms with Gasteiger partial charge < -0.3 is 4.74 Å². The molecule has 0 saturated heterocycles. The fraction of sp³-hybridized carbons (Fsp3) is 0.176. The molecule has 0 heterocycles. The Morgan fingerprint density at radius 1 is 0.905 bits per heavy atom. The summed E-state index contributed by atoms with van der Waals surface area (Å²) < 4.78 is 45.8. The highest BCUT2D eigenvalue weighted by molar-refractivity contribution is 5.92. The Bertz CT molecular complexity index is 671. The third-order valence-corrected chi connectivity index (χ3v) is 3.78. The highest BCUT2D eigenvalue weighted by Gasteiger charge is 2.64. The van der Waals surface area contributed by atoms with Crippen molar-refractivity contribution in [1.82, 2.24) is 0 Å². The Kier molecular flexibility index (Phi) is 3.04. The Hall–Kier alpha value is -2.23. The van der Waals surface area contributed by atoms with Gasteiger partial charge in [-0.3, -0.25) is 0 Å². The van der Waals surface area contributed by atoms with Gasteiger partial charge >= 0.3 is 6.18 Å². The van der Waals surface area contributed by atoms with Gasteiger partial charge in [-0.1, -0.05) is 48.5 Å². The third kappa shape index (κ3) is 2.11. The standard InChI is InChI=1S/C17H13F3O/c1-21-14-9-7-12(8-10-14)15-11-16(15,17(18,19)20)13-5-3-2-4-6-13/h2-11H,1H3/t16-/m0/s1. The average Bonchev–Trinajstić information content (AvgIpc) is 3.25. The summed E-state index contributed by atoms with van der Waals surface area (Å²) in [7, 11) is 1.52. The lowest BCUT2D eigenvalue weighted by atomic mass is 9.87. The summed E-state index contributed by atoms with van der Waals surface area (Å²) in [5.41, 5.74) is -0.841. The molecule has 0 bridgehead atoms. The van der Waals surface area contributed by atoms with Crippen molar-refractivity contribution in [2.24, 2.45) is 0 Å². The summed E-state index contributed by atoms with van der Waals surface area (Å²) in [4.78, 5) is 0. The minimum absolute atomic E-state index is 0.253. The highest BCUT2D eigenvalue weighted by Crippen LogP contribution is 2.61. The van der Waals surface area contributed by atoms with E-state index in [2.05, 4.69) is 0 Å². The second-order valence-electron chi connectivity index (χ2n) is 4.96. The maximum atomic E-state index is 13.6. The van der Waals surface area contributed by atoms with Crippen LogP contribution in [0.4, 0.5) is 13.2 Å². The Morgan fingerprint density at radius 2 is 1.52 bits per heavy atom. The van der Waals surface area contributed by atoms with Crippen LogP contribution in [0, 0.1) is 0 Å². The highest BCUT2D eigenvalue weighted by atomic mass is 19.4. The van der Waals surface area contributed by atoms with Crippen LogP contribution < -0.4 is 4.74 Å². The molecule has 1 nitrogen and oxygen atoms in total. The first-order valence-electron chi connectivity index (χ1n) is 6.49. The van der Waals surface area contributed by atoms with Crippen LogP contribution in [-0.4, -0.2) is 13.3 Å². The van der Waals surface area contributed by atoms with Gasteiger partial charge in [-0.05, 0) is 28.8 Å². The lowest BCUT2D eigenvalue weighted by Gasteiger charge is -2.23. The van der Waals surface area contributed by atoms with Gasteiger partial charge in [0.2, 0.25) is 0 Å². The summed E-state index contributed by atoms with van der Waals surface area (Å²) in [6.45, 7) is 0. The molecule has 0 radical (unpaired) electrons. The van der Waals surface area contributed by atoms with Crippen LogP contribution >= 0.6 is 0 Å². The molecule has 0 spiro atoms.